The van der Waals surface area contributed by atoms with Crippen LogP contribution in [-0.2, 0) is 6.54 Å². The zero-order valence-corrected chi connectivity index (χ0v) is 14.2. The molecule has 1 N–H and O–H groups in total. The van der Waals surface area contributed by atoms with E-state index in [0.29, 0.717) is 0 Å². The number of likely N-dealkylation sites (N-methyl/N-ethyl adjacent to an activating group) is 1. The summed E-state index contributed by atoms with van der Waals surface area (Å²) in [6, 6.07) is 7.73. The maximum atomic E-state index is 3.61. The van der Waals surface area contributed by atoms with Crippen LogP contribution in [0.1, 0.15) is 37.3 Å². The molecule has 0 aromatic heterocycles. The highest BCUT2D eigenvalue weighted by molar-refractivity contribution is 5.51. The molecule has 1 aromatic rings. The summed E-state index contributed by atoms with van der Waals surface area (Å²) < 4.78 is 0. The van der Waals surface area contributed by atoms with Crippen LogP contribution in [-0.4, -0.2) is 44.7 Å². The van der Waals surface area contributed by atoms with E-state index >= 15 is 0 Å². The molecular formula is C18H31N3. The minimum Gasteiger partial charge on any atom is -0.370 e. The van der Waals surface area contributed by atoms with Crippen molar-refractivity contribution in [1.82, 2.24) is 10.2 Å². The number of hydrogen-bond donors (Lipinski definition) is 1. The molecule has 0 radical (unpaired) electrons. The van der Waals surface area contributed by atoms with Crippen LogP contribution in [0.15, 0.2) is 18.2 Å². The second kappa shape index (κ2) is 7.81. The molecule has 0 spiro atoms. The number of anilines is 1. The van der Waals surface area contributed by atoms with Crippen LogP contribution in [0, 0.1) is 6.92 Å². The van der Waals surface area contributed by atoms with Crippen LogP contribution in [0.4, 0.5) is 5.69 Å². The van der Waals surface area contributed by atoms with Crippen molar-refractivity contribution in [3.8, 4) is 0 Å². The summed E-state index contributed by atoms with van der Waals surface area (Å²) in [6.45, 7) is 8.84. The molecule has 1 aromatic carbocycles. The van der Waals surface area contributed by atoms with Gasteiger partial charge in [0.1, 0.15) is 0 Å². The van der Waals surface area contributed by atoms with E-state index in [4.69, 9.17) is 0 Å². The van der Waals surface area contributed by atoms with Crippen molar-refractivity contribution in [3.63, 3.8) is 0 Å². The van der Waals surface area contributed by atoms with Gasteiger partial charge in [0.15, 0.2) is 0 Å². The minimum absolute atomic E-state index is 0.778. The van der Waals surface area contributed by atoms with Crippen molar-refractivity contribution in [3.05, 3.63) is 29.3 Å². The summed E-state index contributed by atoms with van der Waals surface area (Å²) in [7, 11) is 4.28. The lowest BCUT2D eigenvalue weighted by molar-refractivity contribution is 0.413. The Bertz CT molecular complexity index is 438. The van der Waals surface area contributed by atoms with E-state index in [0.717, 1.165) is 32.2 Å². The Hall–Kier alpha value is -1.06. The fourth-order valence-electron chi connectivity index (χ4n) is 2.58. The Labute approximate surface area is 130 Å². The highest BCUT2D eigenvalue weighted by Crippen LogP contribution is 2.22. The second-order valence-corrected chi connectivity index (χ2v) is 6.56. The lowest BCUT2D eigenvalue weighted by atomic mass is 10.1. The van der Waals surface area contributed by atoms with E-state index < -0.39 is 0 Å². The van der Waals surface area contributed by atoms with E-state index in [1.165, 1.54) is 36.1 Å². The Morgan fingerprint density at radius 1 is 1.14 bits per heavy atom. The molecule has 21 heavy (non-hydrogen) atoms. The Kier molecular flexibility index (Phi) is 6.07. The van der Waals surface area contributed by atoms with Crippen molar-refractivity contribution in [1.29, 1.82) is 0 Å². The van der Waals surface area contributed by atoms with Gasteiger partial charge in [0, 0.05) is 37.9 Å². The molecule has 0 heterocycles. The van der Waals surface area contributed by atoms with Crippen LogP contribution in [0.2, 0.25) is 0 Å². The molecule has 0 unspecified atom stereocenters. The lowest BCUT2D eigenvalue weighted by Crippen LogP contribution is -2.32. The average molecular weight is 289 g/mol. The molecular weight excluding hydrogens is 258 g/mol. The van der Waals surface area contributed by atoms with Crippen molar-refractivity contribution in [2.75, 3.05) is 38.6 Å². The molecule has 1 aliphatic rings. The standard InChI is InChI=1S/C18H31N3/c1-5-10-21(12-11-20(3)4)18-9-6-16(15(2)13-18)14-19-17-7-8-17/h6,9,13,17,19H,5,7-8,10-12,14H2,1-4H3. The van der Waals surface area contributed by atoms with Gasteiger partial charge in [-0.3, -0.25) is 0 Å². The summed E-state index contributed by atoms with van der Waals surface area (Å²) in [4.78, 5) is 4.76. The zero-order chi connectivity index (χ0) is 15.2. The number of nitrogens with one attached hydrogen (secondary N) is 1. The van der Waals surface area contributed by atoms with Crippen LogP contribution in [0.25, 0.3) is 0 Å². The maximum absolute atomic E-state index is 3.61. The fraction of sp³-hybridized carbons (Fsp3) is 0.667. The topological polar surface area (TPSA) is 18.5 Å². The van der Waals surface area contributed by atoms with Crippen molar-refractivity contribution >= 4 is 5.69 Å². The predicted octanol–water partition coefficient (Wildman–Crippen LogP) is 3.03. The molecule has 3 nitrogen and oxygen atoms in total. The SMILES string of the molecule is CCCN(CCN(C)C)c1ccc(CNC2CC2)c(C)c1. The normalized spacial score (nSPS) is 14.7. The molecule has 3 heteroatoms. The predicted molar refractivity (Wildman–Crippen MR) is 92.1 cm³/mol. The summed E-state index contributed by atoms with van der Waals surface area (Å²) in [5.41, 5.74) is 4.22. The first kappa shape index (κ1) is 16.3. The molecule has 0 aliphatic heterocycles. The van der Waals surface area contributed by atoms with Gasteiger partial charge in [0.2, 0.25) is 0 Å². The Balaban J connectivity index is 1.99. The van der Waals surface area contributed by atoms with E-state index in [9.17, 15) is 0 Å². The average Bonchev–Trinajstić information content (AvgIpc) is 3.26. The highest BCUT2D eigenvalue weighted by atomic mass is 15.2. The Morgan fingerprint density at radius 3 is 2.48 bits per heavy atom. The third kappa shape index (κ3) is 5.33. The van der Waals surface area contributed by atoms with Gasteiger partial charge in [0.05, 0.1) is 0 Å². The highest BCUT2D eigenvalue weighted by Gasteiger charge is 2.20. The third-order valence-electron chi connectivity index (χ3n) is 4.16. The summed E-state index contributed by atoms with van der Waals surface area (Å²) in [6.07, 6.45) is 3.90. The number of benzene rings is 1. The van der Waals surface area contributed by atoms with Gasteiger partial charge in [-0.15, -0.1) is 0 Å². The van der Waals surface area contributed by atoms with Crippen LogP contribution < -0.4 is 10.2 Å². The molecule has 1 fully saturated rings. The Morgan fingerprint density at radius 2 is 1.90 bits per heavy atom. The van der Waals surface area contributed by atoms with E-state index in [1.807, 2.05) is 0 Å². The number of nitrogens with zero attached hydrogens (tertiary/aromatic N) is 2. The van der Waals surface area contributed by atoms with Crippen LogP contribution >= 0.6 is 0 Å². The van der Waals surface area contributed by atoms with Gasteiger partial charge in [-0.05, 0) is 63.5 Å². The molecule has 0 atom stereocenters. The maximum Gasteiger partial charge on any atom is 0.0369 e. The molecule has 0 bridgehead atoms. The number of rotatable bonds is 9. The second-order valence-electron chi connectivity index (χ2n) is 6.56. The van der Waals surface area contributed by atoms with Gasteiger partial charge in [0.25, 0.3) is 0 Å². The van der Waals surface area contributed by atoms with E-state index in [-0.39, 0.29) is 0 Å². The number of hydrogen-bond acceptors (Lipinski definition) is 3. The minimum atomic E-state index is 0.778. The van der Waals surface area contributed by atoms with Crippen LogP contribution in [0.3, 0.4) is 0 Å². The van der Waals surface area contributed by atoms with Gasteiger partial charge < -0.3 is 15.1 Å². The fourth-order valence-corrected chi connectivity index (χ4v) is 2.58. The van der Waals surface area contributed by atoms with Crippen molar-refractivity contribution < 1.29 is 0 Å². The number of aryl methyl sites for hydroxylation is 1. The molecule has 1 saturated carbocycles. The summed E-state index contributed by atoms with van der Waals surface area (Å²) >= 11 is 0. The molecule has 2 rings (SSSR count). The monoisotopic (exact) mass is 289 g/mol. The molecule has 118 valence electrons. The first-order valence-electron chi connectivity index (χ1n) is 8.32. The van der Waals surface area contributed by atoms with Gasteiger partial charge in [-0.2, -0.15) is 0 Å². The first-order valence-corrected chi connectivity index (χ1v) is 8.32. The summed E-state index contributed by atoms with van der Waals surface area (Å²) in [5.74, 6) is 0. The largest absolute Gasteiger partial charge is 0.370 e. The molecule has 0 saturated heterocycles. The zero-order valence-electron chi connectivity index (χ0n) is 14.2. The molecule has 1 aliphatic carbocycles. The lowest BCUT2D eigenvalue weighted by Gasteiger charge is -2.27. The van der Waals surface area contributed by atoms with Gasteiger partial charge in [-0.1, -0.05) is 13.0 Å². The third-order valence-corrected chi connectivity index (χ3v) is 4.16. The van der Waals surface area contributed by atoms with E-state index in [1.54, 1.807) is 0 Å². The molecule has 0 amide bonds. The van der Waals surface area contributed by atoms with Crippen LogP contribution in [0.5, 0.6) is 0 Å². The summed E-state index contributed by atoms with van der Waals surface area (Å²) in [5, 5.41) is 3.61. The van der Waals surface area contributed by atoms with Crippen molar-refractivity contribution in [2.24, 2.45) is 0 Å². The van der Waals surface area contributed by atoms with Crippen molar-refractivity contribution in [2.45, 2.75) is 45.7 Å². The van der Waals surface area contributed by atoms with Gasteiger partial charge >= 0.3 is 0 Å². The smallest absolute Gasteiger partial charge is 0.0369 e. The first-order chi connectivity index (χ1) is 10.1. The van der Waals surface area contributed by atoms with E-state index in [2.05, 4.69) is 61.3 Å². The van der Waals surface area contributed by atoms with Gasteiger partial charge in [-0.25, -0.2) is 0 Å². The quantitative estimate of drug-likeness (QED) is 0.754.